The molecule has 0 radical (unpaired) electrons. The van der Waals surface area contributed by atoms with Crippen LogP contribution in [0.3, 0.4) is 0 Å². The fraction of sp³-hybridized carbons (Fsp3) is 0.667. The van der Waals surface area contributed by atoms with Crippen LogP contribution in [-0.4, -0.2) is 73.7 Å². The molecule has 1 amide bonds. The normalized spacial score (nSPS) is 19.7. The monoisotopic (exact) mass is 423 g/mol. The lowest BCUT2D eigenvalue weighted by molar-refractivity contribution is -0.132. The van der Waals surface area contributed by atoms with Gasteiger partial charge in [0.1, 0.15) is 5.75 Å². The Morgan fingerprint density at radius 3 is 2.21 bits per heavy atom. The molecule has 2 fully saturated rings. The first-order valence-corrected chi connectivity index (χ1v) is 12.0. The Labute approximate surface area is 174 Å². The first-order chi connectivity index (χ1) is 13.9. The van der Waals surface area contributed by atoms with Crippen LogP contribution < -0.4 is 4.74 Å². The lowest BCUT2D eigenvalue weighted by atomic mass is 10.1. The van der Waals surface area contributed by atoms with Crippen LogP contribution in [0, 0.1) is 13.8 Å². The second-order valence-electron chi connectivity index (χ2n) is 7.90. The molecule has 29 heavy (non-hydrogen) atoms. The van der Waals surface area contributed by atoms with Gasteiger partial charge >= 0.3 is 0 Å². The first kappa shape index (κ1) is 22.1. The van der Waals surface area contributed by atoms with E-state index in [1.165, 1.54) is 4.31 Å². The fourth-order valence-electron chi connectivity index (χ4n) is 3.89. The fourth-order valence-corrected chi connectivity index (χ4v) is 5.56. The average molecular weight is 424 g/mol. The number of carbonyl (C=O) groups is 1. The molecule has 2 aliphatic heterocycles. The summed E-state index contributed by atoms with van der Waals surface area (Å²) in [4.78, 5) is 14.3. The van der Waals surface area contributed by atoms with Crippen molar-refractivity contribution in [2.45, 2.75) is 46.0 Å². The van der Waals surface area contributed by atoms with E-state index in [0.29, 0.717) is 52.3 Å². The SMILES string of the molecule is Cc1cccc(OCCC(=O)N2CCN(S(=O)(=O)N3CCCCCC3)CC2)c1C. The second-order valence-corrected chi connectivity index (χ2v) is 9.83. The molecule has 0 atom stereocenters. The molecule has 0 spiro atoms. The van der Waals surface area contributed by atoms with Crippen molar-refractivity contribution in [3.8, 4) is 5.75 Å². The molecule has 1 aromatic rings. The van der Waals surface area contributed by atoms with Gasteiger partial charge in [0.25, 0.3) is 10.2 Å². The highest BCUT2D eigenvalue weighted by atomic mass is 32.2. The van der Waals surface area contributed by atoms with Crippen LogP contribution in [0.4, 0.5) is 0 Å². The third kappa shape index (κ3) is 5.49. The maximum Gasteiger partial charge on any atom is 0.282 e. The summed E-state index contributed by atoms with van der Waals surface area (Å²) in [6.07, 6.45) is 4.35. The van der Waals surface area contributed by atoms with Crippen LogP contribution in [0.15, 0.2) is 18.2 Å². The highest BCUT2D eigenvalue weighted by Gasteiger charge is 2.33. The summed E-state index contributed by atoms with van der Waals surface area (Å²) in [5.41, 5.74) is 2.25. The lowest BCUT2D eigenvalue weighted by Crippen LogP contribution is -2.54. The molecule has 0 bridgehead atoms. The molecular formula is C21H33N3O4S. The lowest BCUT2D eigenvalue weighted by Gasteiger charge is -2.36. The van der Waals surface area contributed by atoms with Crippen LogP contribution in [0.1, 0.15) is 43.2 Å². The molecule has 0 aromatic heterocycles. The number of ether oxygens (including phenoxy) is 1. The van der Waals surface area contributed by atoms with Crippen molar-refractivity contribution in [2.75, 3.05) is 45.9 Å². The summed E-state index contributed by atoms with van der Waals surface area (Å²) < 4.78 is 34.7. The molecule has 0 aliphatic carbocycles. The van der Waals surface area contributed by atoms with E-state index in [2.05, 4.69) is 0 Å². The Bertz CT molecular complexity index is 796. The molecule has 7 nitrogen and oxygen atoms in total. The van der Waals surface area contributed by atoms with E-state index in [0.717, 1.165) is 42.6 Å². The molecule has 2 heterocycles. The van der Waals surface area contributed by atoms with Gasteiger partial charge in [0, 0.05) is 39.3 Å². The molecule has 0 N–H and O–H groups in total. The third-order valence-electron chi connectivity index (χ3n) is 5.94. The Kier molecular flexibility index (Phi) is 7.54. The topological polar surface area (TPSA) is 70.2 Å². The van der Waals surface area contributed by atoms with Crippen molar-refractivity contribution in [3.63, 3.8) is 0 Å². The van der Waals surface area contributed by atoms with Crippen molar-refractivity contribution in [1.29, 1.82) is 0 Å². The number of benzene rings is 1. The number of amides is 1. The standard InChI is InChI=1S/C21H33N3O4S/c1-18-8-7-9-20(19(18)2)28-17-10-21(25)22-13-15-24(16-14-22)29(26,27)23-11-5-3-4-6-12-23/h7-9H,3-6,10-17H2,1-2H3. The summed E-state index contributed by atoms with van der Waals surface area (Å²) in [5.74, 6) is 0.827. The van der Waals surface area contributed by atoms with Gasteiger partial charge in [0.05, 0.1) is 13.0 Å². The summed E-state index contributed by atoms with van der Waals surface area (Å²) in [6.45, 7) is 7.20. The summed E-state index contributed by atoms with van der Waals surface area (Å²) in [7, 11) is -3.42. The maximum absolute atomic E-state index is 12.9. The Morgan fingerprint density at radius 2 is 1.55 bits per heavy atom. The number of carbonyl (C=O) groups excluding carboxylic acids is 1. The van der Waals surface area contributed by atoms with Gasteiger partial charge in [0.15, 0.2) is 0 Å². The van der Waals surface area contributed by atoms with E-state index < -0.39 is 10.2 Å². The second kappa shape index (κ2) is 9.91. The zero-order valence-electron chi connectivity index (χ0n) is 17.6. The number of hydrogen-bond acceptors (Lipinski definition) is 4. The predicted molar refractivity (Wildman–Crippen MR) is 113 cm³/mol. The molecule has 2 aliphatic rings. The number of nitrogens with zero attached hydrogens (tertiary/aromatic N) is 3. The number of aryl methyl sites for hydroxylation is 1. The Hall–Kier alpha value is -1.64. The summed E-state index contributed by atoms with van der Waals surface area (Å²) >= 11 is 0. The Balaban J connectivity index is 1.46. The van der Waals surface area contributed by atoms with E-state index in [9.17, 15) is 13.2 Å². The largest absolute Gasteiger partial charge is 0.493 e. The van der Waals surface area contributed by atoms with E-state index in [4.69, 9.17) is 4.74 Å². The minimum absolute atomic E-state index is 0.0159. The van der Waals surface area contributed by atoms with Crippen LogP contribution in [0.25, 0.3) is 0 Å². The van der Waals surface area contributed by atoms with Crippen molar-refractivity contribution in [2.24, 2.45) is 0 Å². The molecule has 3 rings (SSSR count). The smallest absolute Gasteiger partial charge is 0.282 e. The maximum atomic E-state index is 12.9. The molecule has 2 saturated heterocycles. The van der Waals surface area contributed by atoms with Gasteiger partial charge in [-0.2, -0.15) is 17.0 Å². The van der Waals surface area contributed by atoms with E-state index in [-0.39, 0.29) is 5.91 Å². The number of piperazine rings is 1. The van der Waals surface area contributed by atoms with Gasteiger partial charge in [-0.15, -0.1) is 0 Å². The van der Waals surface area contributed by atoms with Crippen molar-refractivity contribution in [3.05, 3.63) is 29.3 Å². The first-order valence-electron chi connectivity index (χ1n) is 10.6. The van der Waals surface area contributed by atoms with Gasteiger partial charge in [-0.25, -0.2) is 0 Å². The number of rotatable bonds is 6. The van der Waals surface area contributed by atoms with Crippen molar-refractivity contribution in [1.82, 2.24) is 13.5 Å². The van der Waals surface area contributed by atoms with Gasteiger partial charge in [-0.05, 0) is 43.9 Å². The minimum Gasteiger partial charge on any atom is -0.493 e. The zero-order chi connectivity index (χ0) is 20.9. The zero-order valence-corrected chi connectivity index (χ0v) is 18.4. The van der Waals surface area contributed by atoms with Crippen LogP contribution in [-0.2, 0) is 15.0 Å². The molecule has 0 unspecified atom stereocenters. The van der Waals surface area contributed by atoms with Crippen LogP contribution in [0.5, 0.6) is 5.75 Å². The van der Waals surface area contributed by atoms with E-state index >= 15 is 0 Å². The molecule has 0 saturated carbocycles. The molecule has 8 heteroatoms. The number of hydrogen-bond donors (Lipinski definition) is 0. The highest BCUT2D eigenvalue weighted by molar-refractivity contribution is 7.86. The highest BCUT2D eigenvalue weighted by Crippen LogP contribution is 2.21. The summed E-state index contributed by atoms with van der Waals surface area (Å²) in [5, 5.41) is 0. The minimum atomic E-state index is -3.42. The summed E-state index contributed by atoms with van der Waals surface area (Å²) in [6, 6.07) is 5.90. The quantitative estimate of drug-likeness (QED) is 0.704. The van der Waals surface area contributed by atoms with Gasteiger partial charge in [-0.1, -0.05) is 25.0 Å². The van der Waals surface area contributed by atoms with E-state index in [1.807, 2.05) is 32.0 Å². The molecule has 162 valence electrons. The van der Waals surface area contributed by atoms with Crippen molar-refractivity contribution < 1.29 is 17.9 Å². The van der Waals surface area contributed by atoms with Gasteiger partial charge in [0.2, 0.25) is 5.91 Å². The molecule has 1 aromatic carbocycles. The van der Waals surface area contributed by atoms with Crippen molar-refractivity contribution >= 4 is 16.1 Å². The molecular weight excluding hydrogens is 390 g/mol. The van der Waals surface area contributed by atoms with Gasteiger partial charge in [-0.3, -0.25) is 4.79 Å². The van der Waals surface area contributed by atoms with Gasteiger partial charge < -0.3 is 9.64 Å². The van der Waals surface area contributed by atoms with Crippen LogP contribution >= 0.6 is 0 Å². The van der Waals surface area contributed by atoms with E-state index in [1.54, 1.807) is 9.21 Å². The Morgan fingerprint density at radius 1 is 0.931 bits per heavy atom. The predicted octanol–water partition coefficient (Wildman–Crippen LogP) is 2.34. The third-order valence-corrected chi connectivity index (χ3v) is 7.97. The average Bonchev–Trinajstić information content (AvgIpc) is 3.01. The van der Waals surface area contributed by atoms with Crippen LogP contribution in [0.2, 0.25) is 0 Å².